The first-order valence-corrected chi connectivity index (χ1v) is 5.80. The lowest BCUT2D eigenvalue weighted by Gasteiger charge is -1.90. The molecule has 0 unspecified atom stereocenters. The van der Waals surface area contributed by atoms with Crippen LogP contribution in [0, 0.1) is 6.92 Å². The Kier molecular flexibility index (Phi) is 2.50. The van der Waals surface area contributed by atoms with Crippen LogP contribution in [0.5, 0.6) is 0 Å². The normalized spacial score (nSPS) is 11.9. The number of thiazole rings is 1. The maximum absolute atomic E-state index is 10.9. The van der Waals surface area contributed by atoms with Crippen LogP contribution in [0.1, 0.15) is 17.6 Å². The molecule has 0 bridgehead atoms. The molecule has 6 heteroatoms. The summed E-state index contributed by atoms with van der Waals surface area (Å²) in [5.74, 6) is 0. The summed E-state index contributed by atoms with van der Waals surface area (Å²) in [4.78, 5) is 4.05. The highest BCUT2D eigenvalue weighted by Crippen LogP contribution is 2.21. The molecule has 1 aromatic heterocycles. The fourth-order valence-electron chi connectivity index (χ4n) is 0.852. The monoisotopic (exact) mass is 206 g/mol. The molecule has 0 radical (unpaired) electrons. The first kappa shape index (κ1) is 9.63. The zero-order valence-electron chi connectivity index (χ0n) is 6.86. The molecule has 1 rings (SSSR count). The molecule has 1 aromatic rings. The average molecular weight is 206 g/mol. The number of aryl methyl sites for hydroxylation is 2. The molecular weight excluding hydrogens is 196 g/mol. The number of aromatic nitrogens is 1. The van der Waals surface area contributed by atoms with Gasteiger partial charge in [-0.1, -0.05) is 6.92 Å². The molecule has 2 N–H and O–H groups in total. The molecule has 0 spiro atoms. The van der Waals surface area contributed by atoms with Crippen molar-refractivity contribution in [2.45, 2.75) is 24.5 Å². The van der Waals surface area contributed by atoms with Crippen LogP contribution in [0.25, 0.3) is 0 Å². The molecule has 1 heterocycles. The molecule has 0 saturated heterocycles. The molecule has 0 aliphatic heterocycles. The highest BCUT2D eigenvalue weighted by atomic mass is 32.2. The van der Waals surface area contributed by atoms with Gasteiger partial charge in [0.1, 0.15) is 0 Å². The van der Waals surface area contributed by atoms with E-state index in [0.29, 0.717) is 5.69 Å². The second-order valence-corrected chi connectivity index (χ2v) is 5.22. The Morgan fingerprint density at radius 1 is 1.58 bits per heavy atom. The van der Waals surface area contributed by atoms with Crippen LogP contribution in [0.15, 0.2) is 4.21 Å². The summed E-state index contributed by atoms with van der Waals surface area (Å²) in [6.07, 6.45) is 0.737. The van der Waals surface area contributed by atoms with Gasteiger partial charge in [0, 0.05) is 0 Å². The van der Waals surface area contributed by atoms with E-state index < -0.39 is 10.0 Å². The number of hydrogen-bond acceptors (Lipinski definition) is 4. The number of primary sulfonamides is 1. The molecule has 0 aromatic carbocycles. The zero-order valence-corrected chi connectivity index (χ0v) is 8.50. The first-order chi connectivity index (χ1) is 5.45. The minimum atomic E-state index is -3.57. The fraction of sp³-hybridized carbons (Fsp3) is 0.500. The predicted molar refractivity (Wildman–Crippen MR) is 47.6 cm³/mol. The molecule has 0 aliphatic carbocycles. The minimum Gasteiger partial charge on any atom is -0.245 e. The average Bonchev–Trinajstić information content (AvgIpc) is 2.29. The van der Waals surface area contributed by atoms with E-state index in [9.17, 15) is 8.42 Å². The summed E-state index contributed by atoms with van der Waals surface area (Å²) < 4.78 is 22.0. The van der Waals surface area contributed by atoms with Gasteiger partial charge < -0.3 is 0 Å². The number of rotatable bonds is 2. The van der Waals surface area contributed by atoms with Crippen LogP contribution in [-0.4, -0.2) is 13.4 Å². The Hall–Kier alpha value is -0.460. The lowest BCUT2D eigenvalue weighted by atomic mass is 10.5. The standard InChI is InChI=1S/C6H10N2O2S2/c1-3-5-8-4(2)6(11-5)12(7,9)10/h3H2,1-2H3,(H2,7,9,10). The van der Waals surface area contributed by atoms with Gasteiger partial charge in [0.2, 0.25) is 10.0 Å². The van der Waals surface area contributed by atoms with Gasteiger partial charge in [0.25, 0.3) is 0 Å². The highest BCUT2D eigenvalue weighted by Gasteiger charge is 2.16. The van der Waals surface area contributed by atoms with E-state index in [1.807, 2.05) is 6.92 Å². The maximum Gasteiger partial charge on any atom is 0.249 e. The molecule has 0 saturated carbocycles. The van der Waals surface area contributed by atoms with Gasteiger partial charge in [-0.2, -0.15) is 0 Å². The van der Waals surface area contributed by atoms with Crippen molar-refractivity contribution >= 4 is 21.4 Å². The van der Waals surface area contributed by atoms with Gasteiger partial charge in [0.15, 0.2) is 4.21 Å². The van der Waals surface area contributed by atoms with Gasteiger partial charge in [-0.3, -0.25) is 0 Å². The third-order valence-corrected chi connectivity index (χ3v) is 4.21. The summed E-state index contributed by atoms with van der Waals surface area (Å²) in [6.45, 7) is 3.57. The van der Waals surface area contributed by atoms with Crippen molar-refractivity contribution in [2.75, 3.05) is 0 Å². The Labute approximate surface area is 75.5 Å². The second-order valence-electron chi connectivity index (χ2n) is 2.38. The van der Waals surface area contributed by atoms with E-state index in [-0.39, 0.29) is 4.21 Å². The SMILES string of the molecule is CCc1nc(C)c(S(N)(=O)=O)s1. The minimum absolute atomic E-state index is 0.180. The molecule has 12 heavy (non-hydrogen) atoms. The Morgan fingerprint density at radius 2 is 2.17 bits per heavy atom. The van der Waals surface area contributed by atoms with E-state index >= 15 is 0 Å². The molecular formula is C6H10N2O2S2. The van der Waals surface area contributed by atoms with E-state index in [1.54, 1.807) is 6.92 Å². The quantitative estimate of drug-likeness (QED) is 0.772. The number of hydrogen-bond donors (Lipinski definition) is 1. The molecule has 0 fully saturated rings. The summed E-state index contributed by atoms with van der Waals surface area (Å²) >= 11 is 1.14. The summed E-state index contributed by atoms with van der Waals surface area (Å²) in [6, 6.07) is 0. The third-order valence-electron chi connectivity index (χ3n) is 1.36. The molecule has 0 atom stereocenters. The second kappa shape index (κ2) is 3.12. The van der Waals surface area contributed by atoms with Crippen molar-refractivity contribution in [1.82, 2.24) is 4.98 Å². The van der Waals surface area contributed by atoms with Gasteiger partial charge in [-0.05, 0) is 13.3 Å². The smallest absolute Gasteiger partial charge is 0.245 e. The first-order valence-electron chi connectivity index (χ1n) is 3.44. The van der Waals surface area contributed by atoms with Crippen LogP contribution in [0.4, 0.5) is 0 Å². The Balaban J connectivity index is 3.27. The Bertz CT molecular complexity index is 380. The zero-order chi connectivity index (χ0) is 9.35. The maximum atomic E-state index is 10.9. The molecule has 4 nitrogen and oxygen atoms in total. The van der Waals surface area contributed by atoms with E-state index in [0.717, 1.165) is 22.8 Å². The largest absolute Gasteiger partial charge is 0.249 e. The van der Waals surface area contributed by atoms with Gasteiger partial charge in [-0.15, -0.1) is 11.3 Å². The summed E-state index contributed by atoms with van der Waals surface area (Å²) in [5.41, 5.74) is 0.499. The van der Waals surface area contributed by atoms with Crippen LogP contribution in [-0.2, 0) is 16.4 Å². The highest BCUT2D eigenvalue weighted by molar-refractivity contribution is 7.91. The van der Waals surface area contributed by atoms with Crippen LogP contribution < -0.4 is 5.14 Å². The summed E-state index contributed by atoms with van der Waals surface area (Å²) in [7, 11) is -3.57. The van der Waals surface area contributed by atoms with E-state index in [4.69, 9.17) is 5.14 Å². The van der Waals surface area contributed by atoms with E-state index in [1.165, 1.54) is 0 Å². The number of sulfonamides is 1. The van der Waals surface area contributed by atoms with E-state index in [2.05, 4.69) is 4.98 Å². The van der Waals surface area contributed by atoms with Crippen molar-refractivity contribution in [3.05, 3.63) is 10.7 Å². The van der Waals surface area contributed by atoms with Gasteiger partial charge in [-0.25, -0.2) is 18.5 Å². The number of nitrogens with two attached hydrogens (primary N) is 1. The Morgan fingerprint density at radius 3 is 2.42 bits per heavy atom. The van der Waals surface area contributed by atoms with Crippen LogP contribution in [0.3, 0.4) is 0 Å². The molecule has 68 valence electrons. The van der Waals surface area contributed by atoms with Crippen molar-refractivity contribution < 1.29 is 8.42 Å². The lowest BCUT2D eigenvalue weighted by molar-refractivity contribution is 0.599. The van der Waals surface area contributed by atoms with Crippen molar-refractivity contribution in [3.8, 4) is 0 Å². The van der Waals surface area contributed by atoms with Gasteiger partial charge >= 0.3 is 0 Å². The molecule has 0 amide bonds. The molecule has 0 aliphatic rings. The van der Waals surface area contributed by atoms with Crippen molar-refractivity contribution in [3.63, 3.8) is 0 Å². The topological polar surface area (TPSA) is 73.0 Å². The van der Waals surface area contributed by atoms with Crippen LogP contribution >= 0.6 is 11.3 Å². The summed E-state index contributed by atoms with van der Waals surface area (Å²) in [5, 5.41) is 5.77. The van der Waals surface area contributed by atoms with Crippen molar-refractivity contribution in [2.24, 2.45) is 5.14 Å². The fourth-order valence-corrected chi connectivity index (χ4v) is 2.80. The predicted octanol–water partition coefficient (Wildman–Crippen LogP) is 0.661. The van der Waals surface area contributed by atoms with Gasteiger partial charge in [0.05, 0.1) is 10.7 Å². The van der Waals surface area contributed by atoms with Crippen molar-refractivity contribution in [1.29, 1.82) is 0 Å². The van der Waals surface area contributed by atoms with Crippen LogP contribution in [0.2, 0.25) is 0 Å². The third kappa shape index (κ3) is 1.82. The lowest BCUT2D eigenvalue weighted by Crippen LogP contribution is -2.11. The number of nitrogens with zero attached hydrogens (tertiary/aromatic N) is 1.